The van der Waals surface area contributed by atoms with Crippen molar-refractivity contribution in [3.63, 3.8) is 0 Å². The van der Waals surface area contributed by atoms with Gasteiger partial charge in [0.2, 0.25) is 11.8 Å². The summed E-state index contributed by atoms with van der Waals surface area (Å²) >= 11 is 0. The summed E-state index contributed by atoms with van der Waals surface area (Å²) in [5.41, 5.74) is 2.52. The molecule has 2 aromatic carbocycles. The van der Waals surface area contributed by atoms with E-state index < -0.39 is 5.97 Å². The van der Waals surface area contributed by atoms with E-state index in [1.807, 2.05) is 30.3 Å². The molecule has 0 saturated carbocycles. The van der Waals surface area contributed by atoms with E-state index in [1.165, 1.54) is 7.11 Å². The number of benzene rings is 2. The molecule has 0 spiro atoms. The number of methoxy groups -OCH3 is 1. The van der Waals surface area contributed by atoms with Gasteiger partial charge in [-0.05, 0) is 35.7 Å². The lowest BCUT2D eigenvalue weighted by molar-refractivity contribution is -0.120. The first-order valence-corrected chi connectivity index (χ1v) is 8.67. The molecule has 1 atom stereocenters. The van der Waals surface area contributed by atoms with Gasteiger partial charge in [0.25, 0.3) is 0 Å². The predicted octanol–water partition coefficient (Wildman–Crippen LogP) is 1.90. The quantitative estimate of drug-likeness (QED) is 0.678. The summed E-state index contributed by atoms with van der Waals surface area (Å²) in [5.74, 6) is -0.690. The highest BCUT2D eigenvalue weighted by atomic mass is 16.5. The van der Waals surface area contributed by atoms with E-state index in [-0.39, 0.29) is 24.5 Å². The zero-order chi connectivity index (χ0) is 19.2. The second kappa shape index (κ2) is 8.46. The first-order chi connectivity index (χ1) is 13.1. The van der Waals surface area contributed by atoms with E-state index >= 15 is 0 Å². The molecule has 0 radical (unpaired) electrons. The molecule has 0 bridgehead atoms. The number of esters is 1. The molecule has 140 valence electrons. The third-order valence-corrected chi connectivity index (χ3v) is 4.30. The minimum atomic E-state index is -0.439. The van der Waals surface area contributed by atoms with Crippen molar-refractivity contribution in [2.24, 2.45) is 0 Å². The Kier molecular flexibility index (Phi) is 5.83. The average molecular weight is 367 g/mol. The number of carbonyl (C=O) groups is 3. The van der Waals surface area contributed by atoms with Crippen molar-refractivity contribution in [1.29, 1.82) is 0 Å². The Hall–Kier alpha value is -3.19. The van der Waals surface area contributed by atoms with Crippen LogP contribution in [0.5, 0.6) is 0 Å². The Morgan fingerprint density at radius 2 is 1.96 bits per heavy atom. The van der Waals surface area contributed by atoms with Gasteiger partial charge in [0.1, 0.15) is 0 Å². The normalized spacial score (nSPS) is 15.9. The van der Waals surface area contributed by atoms with Crippen molar-refractivity contribution in [2.75, 3.05) is 19.0 Å². The van der Waals surface area contributed by atoms with Crippen LogP contribution in [0.3, 0.4) is 0 Å². The van der Waals surface area contributed by atoms with Gasteiger partial charge in [-0.2, -0.15) is 0 Å². The van der Waals surface area contributed by atoms with Crippen LogP contribution < -0.4 is 16.0 Å². The van der Waals surface area contributed by atoms with Gasteiger partial charge in [-0.25, -0.2) is 4.79 Å². The monoisotopic (exact) mass is 367 g/mol. The number of hydrogen-bond acceptors (Lipinski definition) is 5. The lowest BCUT2D eigenvalue weighted by Gasteiger charge is -2.14. The summed E-state index contributed by atoms with van der Waals surface area (Å²) in [6, 6.07) is 14.5. The fourth-order valence-corrected chi connectivity index (χ4v) is 2.95. The van der Waals surface area contributed by atoms with Gasteiger partial charge in [0.05, 0.1) is 25.4 Å². The number of anilines is 1. The summed E-state index contributed by atoms with van der Waals surface area (Å²) in [6.45, 7) is 0.0738. The average Bonchev–Trinajstić information content (AvgIpc) is 3.11. The minimum absolute atomic E-state index is 0.0150. The fraction of sp³-hybridized carbons (Fsp3) is 0.250. The molecule has 0 unspecified atom stereocenters. The van der Waals surface area contributed by atoms with Gasteiger partial charge in [-0.15, -0.1) is 0 Å². The number of carbonyl (C=O) groups excluding carboxylic acids is 3. The zero-order valence-electron chi connectivity index (χ0n) is 15.0. The maximum Gasteiger partial charge on any atom is 0.338 e. The number of rotatable bonds is 6. The molecule has 2 aromatic rings. The van der Waals surface area contributed by atoms with E-state index in [0.29, 0.717) is 29.7 Å². The van der Waals surface area contributed by atoms with Crippen LogP contribution in [0.1, 0.15) is 23.2 Å². The summed E-state index contributed by atoms with van der Waals surface area (Å²) in [6.07, 6.45) is 0.956. The molecule has 7 nitrogen and oxygen atoms in total. The highest BCUT2D eigenvalue weighted by molar-refractivity contribution is 6.00. The van der Waals surface area contributed by atoms with Crippen molar-refractivity contribution < 1.29 is 19.1 Å². The van der Waals surface area contributed by atoms with Gasteiger partial charge >= 0.3 is 5.97 Å². The molecule has 3 rings (SSSR count). The molecule has 0 aromatic heterocycles. The van der Waals surface area contributed by atoms with E-state index in [2.05, 4.69) is 16.0 Å². The maximum atomic E-state index is 12.2. The molecule has 1 aliphatic heterocycles. The van der Waals surface area contributed by atoms with Crippen LogP contribution in [0.25, 0.3) is 11.1 Å². The summed E-state index contributed by atoms with van der Waals surface area (Å²) in [7, 11) is 1.33. The van der Waals surface area contributed by atoms with Crippen molar-refractivity contribution >= 4 is 23.5 Å². The molecule has 27 heavy (non-hydrogen) atoms. The van der Waals surface area contributed by atoms with Gasteiger partial charge < -0.3 is 15.4 Å². The van der Waals surface area contributed by atoms with E-state index in [4.69, 9.17) is 4.74 Å². The molecule has 3 N–H and O–H groups in total. The molecule has 1 heterocycles. The van der Waals surface area contributed by atoms with E-state index in [1.54, 1.807) is 18.2 Å². The van der Waals surface area contributed by atoms with E-state index in [9.17, 15) is 14.4 Å². The molecule has 1 saturated heterocycles. The number of nitrogens with one attached hydrogen (secondary N) is 3. The standard InChI is InChI=1S/C20H21N3O4/c1-27-20(26)15-8-7-14(11-16(15)13-5-3-2-4-6-13)22-19(25)12-21-17-9-10-18(24)23-17/h2-8,11,17,21H,9-10,12H2,1H3,(H,22,25)(H,23,24)/t17-/m0/s1. The van der Waals surface area contributed by atoms with Crippen LogP contribution >= 0.6 is 0 Å². The highest BCUT2D eigenvalue weighted by Crippen LogP contribution is 2.27. The van der Waals surface area contributed by atoms with Crippen molar-refractivity contribution in [3.05, 3.63) is 54.1 Å². The lowest BCUT2D eigenvalue weighted by atomic mass is 9.99. The molecule has 1 fully saturated rings. The fourth-order valence-electron chi connectivity index (χ4n) is 2.95. The van der Waals surface area contributed by atoms with E-state index in [0.717, 1.165) is 5.56 Å². The van der Waals surface area contributed by atoms with Crippen LogP contribution in [0, 0.1) is 0 Å². The van der Waals surface area contributed by atoms with Crippen molar-refractivity contribution in [3.8, 4) is 11.1 Å². The second-order valence-corrected chi connectivity index (χ2v) is 6.21. The van der Waals surface area contributed by atoms with Gasteiger partial charge in [0.15, 0.2) is 0 Å². The topological polar surface area (TPSA) is 96.5 Å². The molecule has 0 aliphatic carbocycles. The number of hydrogen-bond donors (Lipinski definition) is 3. The summed E-state index contributed by atoms with van der Waals surface area (Å²) < 4.78 is 4.85. The highest BCUT2D eigenvalue weighted by Gasteiger charge is 2.21. The maximum absolute atomic E-state index is 12.2. The largest absolute Gasteiger partial charge is 0.465 e. The van der Waals surface area contributed by atoms with Crippen LogP contribution in [0.15, 0.2) is 48.5 Å². The van der Waals surface area contributed by atoms with Crippen molar-refractivity contribution in [1.82, 2.24) is 10.6 Å². The first-order valence-electron chi connectivity index (χ1n) is 8.67. The molecule has 2 amide bonds. The van der Waals surface area contributed by atoms with Crippen LogP contribution in [0.2, 0.25) is 0 Å². The van der Waals surface area contributed by atoms with Gasteiger partial charge in [0, 0.05) is 12.1 Å². The van der Waals surface area contributed by atoms with Gasteiger partial charge in [-0.3, -0.25) is 14.9 Å². The first kappa shape index (κ1) is 18.6. The Balaban J connectivity index is 1.73. The summed E-state index contributed by atoms with van der Waals surface area (Å²) in [5, 5.41) is 8.55. The Labute approximate surface area is 157 Å². The third kappa shape index (κ3) is 4.71. The molecular formula is C20H21N3O4. The SMILES string of the molecule is COC(=O)c1ccc(NC(=O)CN[C@@H]2CCC(=O)N2)cc1-c1ccccc1. The second-order valence-electron chi connectivity index (χ2n) is 6.21. The Morgan fingerprint density at radius 1 is 1.19 bits per heavy atom. The minimum Gasteiger partial charge on any atom is -0.465 e. The number of amides is 2. The third-order valence-electron chi connectivity index (χ3n) is 4.30. The Morgan fingerprint density at radius 3 is 2.63 bits per heavy atom. The van der Waals surface area contributed by atoms with Crippen LogP contribution in [0.4, 0.5) is 5.69 Å². The van der Waals surface area contributed by atoms with Crippen molar-refractivity contribution in [2.45, 2.75) is 19.0 Å². The van der Waals surface area contributed by atoms with Crippen LogP contribution in [-0.2, 0) is 14.3 Å². The number of ether oxygens (including phenoxy) is 1. The Bertz CT molecular complexity index is 852. The molecule has 1 aliphatic rings. The smallest absolute Gasteiger partial charge is 0.338 e. The lowest BCUT2D eigenvalue weighted by Crippen LogP contribution is -2.42. The summed E-state index contributed by atoms with van der Waals surface area (Å²) in [4.78, 5) is 35.4. The predicted molar refractivity (Wildman–Crippen MR) is 101 cm³/mol. The van der Waals surface area contributed by atoms with Crippen LogP contribution in [-0.4, -0.2) is 37.6 Å². The molecule has 7 heteroatoms. The molecular weight excluding hydrogens is 346 g/mol. The van der Waals surface area contributed by atoms with Gasteiger partial charge in [-0.1, -0.05) is 30.3 Å². The zero-order valence-corrected chi connectivity index (χ0v) is 15.0.